The number of aromatic nitrogens is 6. The van der Waals surface area contributed by atoms with Crippen molar-refractivity contribution >= 4 is 57.4 Å². The number of aliphatic carboxylic acids is 1. The molecule has 0 unspecified atom stereocenters. The molecule has 0 fully saturated rings. The Morgan fingerprint density at radius 1 is 1.26 bits per heavy atom. The minimum atomic E-state index is -1.29. The predicted molar refractivity (Wildman–Crippen MR) is 161 cm³/mol. The van der Waals surface area contributed by atoms with Gasteiger partial charge < -0.3 is 16.2 Å². The van der Waals surface area contributed by atoms with E-state index < -0.39 is 22.6 Å². The zero-order valence-corrected chi connectivity index (χ0v) is 25.1. The zero-order chi connectivity index (χ0) is 30.8. The largest absolute Gasteiger partial charge is 0.481 e. The second-order valence-corrected chi connectivity index (χ2v) is 12.6. The van der Waals surface area contributed by atoms with E-state index in [9.17, 15) is 19.1 Å². The van der Waals surface area contributed by atoms with Crippen LogP contribution in [0.4, 0.5) is 16.0 Å². The molecule has 220 valence electrons. The van der Waals surface area contributed by atoms with Crippen LogP contribution in [-0.4, -0.2) is 46.7 Å². The van der Waals surface area contributed by atoms with Crippen LogP contribution >= 0.6 is 22.9 Å². The van der Waals surface area contributed by atoms with Gasteiger partial charge in [-0.15, -0.1) is 11.3 Å². The van der Waals surface area contributed by atoms with Crippen molar-refractivity contribution in [3.8, 4) is 11.5 Å². The van der Waals surface area contributed by atoms with Crippen molar-refractivity contribution in [3.63, 3.8) is 0 Å². The van der Waals surface area contributed by atoms with Crippen LogP contribution in [0, 0.1) is 18.2 Å². The third-order valence-electron chi connectivity index (χ3n) is 7.68. The molecule has 5 heterocycles. The number of benzene rings is 1. The molecule has 0 saturated heterocycles. The highest BCUT2D eigenvalue weighted by atomic mass is 35.5. The van der Waals surface area contributed by atoms with Crippen LogP contribution in [0.1, 0.15) is 48.3 Å². The smallest absolute Gasteiger partial charge is 0.309 e. The molecule has 5 aromatic rings. The number of hydrogen-bond donors (Lipinski definition) is 3. The summed E-state index contributed by atoms with van der Waals surface area (Å²) in [4.78, 5) is 43.1. The number of carbonyl (C=O) groups excluding carboxylic acids is 1. The maximum absolute atomic E-state index is 14.8. The Bertz CT molecular complexity index is 1970. The number of pyridine rings is 1. The number of thiazole rings is 1. The number of nitrogens with one attached hydrogen (secondary N) is 1. The van der Waals surface area contributed by atoms with Crippen LogP contribution in [0.25, 0.3) is 22.4 Å². The normalized spacial score (nSPS) is 16.5. The van der Waals surface area contributed by atoms with E-state index in [0.717, 1.165) is 0 Å². The van der Waals surface area contributed by atoms with Crippen molar-refractivity contribution in [2.45, 2.75) is 46.1 Å². The van der Waals surface area contributed by atoms with Crippen LogP contribution in [0.2, 0.25) is 5.02 Å². The molecule has 43 heavy (non-hydrogen) atoms. The van der Waals surface area contributed by atoms with Gasteiger partial charge in [0.1, 0.15) is 33.6 Å². The van der Waals surface area contributed by atoms with E-state index >= 15 is 0 Å². The van der Waals surface area contributed by atoms with Crippen LogP contribution in [0.5, 0.6) is 0 Å². The van der Waals surface area contributed by atoms with Gasteiger partial charge in [-0.2, -0.15) is 5.10 Å². The van der Waals surface area contributed by atoms with Gasteiger partial charge in [0, 0.05) is 28.4 Å². The third-order valence-corrected chi connectivity index (χ3v) is 9.03. The molecular weight excluding hydrogens is 595 g/mol. The summed E-state index contributed by atoms with van der Waals surface area (Å²) >= 11 is 7.55. The number of carboxylic acid groups (broad SMARTS) is 1. The van der Waals surface area contributed by atoms with E-state index in [1.165, 1.54) is 17.5 Å². The molecule has 0 spiro atoms. The van der Waals surface area contributed by atoms with Crippen molar-refractivity contribution in [3.05, 3.63) is 74.2 Å². The fourth-order valence-corrected chi connectivity index (χ4v) is 6.30. The zero-order valence-electron chi connectivity index (χ0n) is 23.6. The molecule has 0 aliphatic carbocycles. The van der Waals surface area contributed by atoms with Gasteiger partial charge in [0.15, 0.2) is 5.82 Å². The number of aryl methyl sites for hydroxylation is 1. The molecule has 4 N–H and O–H groups in total. The van der Waals surface area contributed by atoms with Crippen LogP contribution in [0.3, 0.4) is 0 Å². The standard InChI is InChI=1S/C29H26ClFN8O3S/c1-13-7-8-33-17(20(13)31)11-39-18-9-14(30)5-6-16(18)21(38-39)24-35-22(32)19-23(36-24)37-25(40)29(19,4)26-34-15(12-43-26)10-28(2,3)27(41)42/h5-9,12H,10-11H2,1-4H3,(H,41,42)(H3,32,35,36,37,40)/t29-/m0/s1. The van der Waals surface area contributed by atoms with E-state index in [1.54, 1.807) is 62.0 Å². The summed E-state index contributed by atoms with van der Waals surface area (Å²) in [6.07, 6.45) is 1.73. The summed E-state index contributed by atoms with van der Waals surface area (Å²) in [6, 6.07) is 6.77. The number of nitrogens with two attached hydrogens (primary N) is 1. The summed E-state index contributed by atoms with van der Waals surface area (Å²) in [5.41, 5.74) is 6.77. The van der Waals surface area contributed by atoms with Crippen molar-refractivity contribution in [1.29, 1.82) is 0 Å². The number of anilines is 2. The lowest BCUT2D eigenvalue weighted by atomic mass is 9.85. The predicted octanol–water partition coefficient (Wildman–Crippen LogP) is 4.99. The second-order valence-electron chi connectivity index (χ2n) is 11.3. The molecular formula is C29H26ClFN8O3S. The van der Waals surface area contributed by atoms with Crippen molar-refractivity contribution < 1.29 is 19.1 Å². The van der Waals surface area contributed by atoms with Gasteiger partial charge in [-0.3, -0.25) is 19.3 Å². The van der Waals surface area contributed by atoms with Gasteiger partial charge in [0.25, 0.3) is 0 Å². The summed E-state index contributed by atoms with van der Waals surface area (Å²) in [5, 5.41) is 20.3. The maximum atomic E-state index is 14.8. The Balaban J connectivity index is 1.42. The highest BCUT2D eigenvalue weighted by molar-refractivity contribution is 7.10. The number of nitrogens with zero attached hydrogens (tertiary/aromatic N) is 6. The topological polar surface area (TPSA) is 162 Å². The van der Waals surface area contributed by atoms with Crippen LogP contribution < -0.4 is 11.1 Å². The van der Waals surface area contributed by atoms with Crippen LogP contribution in [0.15, 0.2) is 35.8 Å². The number of halogens is 2. The average Bonchev–Trinajstić information content (AvgIpc) is 3.61. The lowest BCUT2D eigenvalue weighted by Gasteiger charge is -2.20. The fourth-order valence-electron chi connectivity index (χ4n) is 5.15. The number of hydrogen-bond acceptors (Lipinski definition) is 9. The summed E-state index contributed by atoms with van der Waals surface area (Å²) < 4.78 is 16.4. The molecule has 0 saturated carbocycles. The van der Waals surface area contributed by atoms with E-state index in [4.69, 9.17) is 22.4 Å². The number of carbonyl (C=O) groups is 2. The second kappa shape index (κ2) is 10.1. The summed E-state index contributed by atoms with van der Waals surface area (Å²) in [6.45, 7) is 6.62. The van der Waals surface area contributed by atoms with E-state index in [2.05, 4.69) is 25.3 Å². The molecule has 1 aromatic carbocycles. The minimum absolute atomic E-state index is 0.0324. The number of rotatable bonds is 7. The Morgan fingerprint density at radius 3 is 2.77 bits per heavy atom. The summed E-state index contributed by atoms with van der Waals surface area (Å²) in [5.74, 6) is -1.31. The van der Waals surface area contributed by atoms with Gasteiger partial charge in [-0.25, -0.2) is 19.3 Å². The van der Waals surface area contributed by atoms with Crippen molar-refractivity contribution in [2.75, 3.05) is 11.1 Å². The Labute approximate surface area is 254 Å². The molecule has 1 atom stereocenters. The van der Waals surface area contributed by atoms with Crippen LogP contribution in [-0.2, 0) is 28.0 Å². The molecule has 1 aliphatic rings. The monoisotopic (exact) mass is 620 g/mol. The third kappa shape index (κ3) is 4.68. The minimum Gasteiger partial charge on any atom is -0.481 e. The lowest BCUT2D eigenvalue weighted by molar-refractivity contribution is -0.146. The average molecular weight is 621 g/mol. The van der Waals surface area contributed by atoms with E-state index in [-0.39, 0.29) is 42.0 Å². The van der Waals surface area contributed by atoms with Gasteiger partial charge in [0.05, 0.1) is 34.4 Å². The van der Waals surface area contributed by atoms with Gasteiger partial charge >= 0.3 is 5.97 Å². The van der Waals surface area contributed by atoms with Crippen molar-refractivity contribution in [2.24, 2.45) is 5.41 Å². The quantitative estimate of drug-likeness (QED) is 0.228. The Hall–Kier alpha value is -4.49. The molecule has 4 aromatic heterocycles. The number of nitrogen functional groups attached to an aromatic ring is 1. The molecule has 0 radical (unpaired) electrons. The SMILES string of the molecule is Cc1ccnc(Cn2nc(-c3nc(N)c4c(n3)NC(=O)[C@@]4(C)c3nc(CC(C)(C)C(=O)O)cs3)c3ccc(Cl)cc32)c1F. The molecule has 1 amide bonds. The first-order valence-corrected chi connectivity index (χ1v) is 14.5. The first-order valence-electron chi connectivity index (χ1n) is 13.2. The molecule has 0 bridgehead atoms. The fraction of sp³-hybridized carbons (Fsp3) is 0.276. The highest BCUT2D eigenvalue weighted by Gasteiger charge is 2.50. The summed E-state index contributed by atoms with van der Waals surface area (Å²) in [7, 11) is 0. The van der Waals surface area contributed by atoms with Gasteiger partial charge in [0.2, 0.25) is 5.91 Å². The van der Waals surface area contributed by atoms with E-state index in [1.807, 2.05) is 0 Å². The first-order chi connectivity index (χ1) is 20.3. The van der Waals surface area contributed by atoms with Crippen molar-refractivity contribution in [1.82, 2.24) is 29.7 Å². The maximum Gasteiger partial charge on any atom is 0.309 e. The Morgan fingerprint density at radius 2 is 2.02 bits per heavy atom. The number of carboxylic acids is 1. The molecule has 11 nitrogen and oxygen atoms in total. The number of amides is 1. The van der Waals surface area contributed by atoms with Gasteiger partial charge in [-0.1, -0.05) is 11.6 Å². The molecule has 14 heteroatoms. The molecule has 6 rings (SSSR count). The first kappa shape index (κ1) is 28.6. The lowest BCUT2D eigenvalue weighted by Crippen LogP contribution is -2.33. The molecule has 1 aliphatic heterocycles. The number of fused-ring (bicyclic) bond motifs is 2. The van der Waals surface area contributed by atoms with Gasteiger partial charge in [-0.05, 0) is 57.5 Å². The Kier molecular flexibility index (Phi) is 6.69. The van der Waals surface area contributed by atoms with E-state index in [0.29, 0.717) is 43.4 Å². The highest BCUT2D eigenvalue weighted by Crippen LogP contribution is 2.46.